The van der Waals surface area contributed by atoms with E-state index in [1.54, 1.807) is 11.1 Å². The minimum atomic E-state index is -0.893. The highest BCUT2D eigenvalue weighted by Gasteiger charge is 2.40. The first-order chi connectivity index (χ1) is 29.3. The Morgan fingerprint density at radius 3 is 1.82 bits per heavy atom. The van der Waals surface area contributed by atoms with Crippen molar-refractivity contribution in [3.8, 4) is 22.5 Å². The van der Waals surface area contributed by atoms with Crippen LogP contribution in [0.3, 0.4) is 0 Å². The van der Waals surface area contributed by atoms with E-state index in [0.29, 0.717) is 36.6 Å². The van der Waals surface area contributed by atoms with Crippen LogP contribution in [0.4, 0.5) is 9.59 Å². The smallest absolute Gasteiger partial charge is 0.407 e. The number of hydrogen-bond donors (Lipinski definition) is 4. The molecule has 1 unspecified atom stereocenters. The van der Waals surface area contributed by atoms with Gasteiger partial charge in [-0.1, -0.05) is 91.0 Å². The fourth-order valence-electron chi connectivity index (χ4n) is 8.30. The molecule has 2 saturated heterocycles. The number of carbonyl (C=O) groups is 4. The predicted octanol–water partition coefficient (Wildman–Crippen LogP) is 6.03. The van der Waals surface area contributed by atoms with E-state index in [2.05, 4.69) is 50.2 Å². The maximum Gasteiger partial charge on any atom is 0.407 e. The molecule has 5 atom stereocenters. The van der Waals surface area contributed by atoms with Crippen LogP contribution in [0, 0.1) is 0 Å². The fraction of sp³-hybridized carbons (Fsp3) is 0.311. The molecule has 308 valence electrons. The average Bonchev–Trinajstić information content (AvgIpc) is 4.15. The highest BCUT2D eigenvalue weighted by molar-refractivity contribution is 5.96. The van der Waals surface area contributed by atoms with Gasteiger partial charge in [-0.05, 0) is 54.0 Å². The van der Waals surface area contributed by atoms with Gasteiger partial charge in [-0.25, -0.2) is 14.6 Å². The monoisotopic (exact) mass is 809 g/mol. The number of ether oxygens (including phenoxy) is 2. The number of aromatic amines is 1. The number of aliphatic imine (C=N–C) groups is 1. The zero-order valence-corrected chi connectivity index (χ0v) is 33.4. The van der Waals surface area contributed by atoms with Gasteiger partial charge in [0, 0.05) is 24.8 Å². The molecule has 15 heteroatoms. The molecule has 2 aromatic heterocycles. The summed E-state index contributed by atoms with van der Waals surface area (Å²) in [6.07, 6.45) is 5.36. The molecule has 5 aromatic rings. The van der Waals surface area contributed by atoms with Crippen molar-refractivity contribution >= 4 is 29.8 Å². The van der Waals surface area contributed by atoms with Gasteiger partial charge in [-0.15, -0.1) is 0 Å². The van der Waals surface area contributed by atoms with Gasteiger partial charge in [0.05, 0.1) is 56.5 Å². The molecule has 3 aliphatic heterocycles. The van der Waals surface area contributed by atoms with Gasteiger partial charge in [0.25, 0.3) is 11.8 Å². The topological polar surface area (TPSA) is 183 Å². The molecule has 5 heterocycles. The number of amides is 4. The van der Waals surface area contributed by atoms with Crippen LogP contribution in [0.25, 0.3) is 22.5 Å². The Bertz CT molecular complexity index is 2340. The highest BCUT2D eigenvalue weighted by atomic mass is 16.5. The lowest BCUT2D eigenvalue weighted by molar-refractivity contribution is -0.135. The molecule has 0 spiro atoms. The zero-order chi connectivity index (χ0) is 41.6. The number of hydrogen-bond acceptors (Lipinski definition) is 10. The lowest BCUT2D eigenvalue weighted by atomic mass is 10.0. The summed E-state index contributed by atoms with van der Waals surface area (Å²) >= 11 is 0. The van der Waals surface area contributed by atoms with Crippen LogP contribution in [0.1, 0.15) is 72.4 Å². The number of benzene rings is 3. The molecule has 15 nitrogen and oxygen atoms in total. The minimum absolute atomic E-state index is 0.0424. The van der Waals surface area contributed by atoms with Crippen molar-refractivity contribution in [2.24, 2.45) is 4.99 Å². The number of H-pyrrole nitrogens is 1. The molecule has 3 aliphatic rings. The molecule has 0 aliphatic carbocycles. The van der Waals surface area contributed by atoms with E-state index in [1.165, 1.54) is 14.2 Å². The highest BCUT2D eigenvalue weighted by Crippen LogP contribution is 2.35. The number of carbonyl (C=O) groups excluding carboxylic acids is 4. The van der Waals surface area contributed by atoms with E-state index >= 15 is 0 Å². The number of pyridine rings is 1. The number of aromatic nitrogens is 3. The van der Waals surface area contributed by atoms with Crippen molar-refractivity contribution in [2.45, 2.75) is 55.9 Å². The van der Waals surface area contributed by atoms with Crippen molar-refractivity contribution < 1.29 is 28.7 Å². The van der Waals surface area contributed by atoms with Crippen LogP contribution in [0.5, 0.6) is 0 Å². The van der Waals surface area contributed by atoms with Gasteiger partial charge >= 0.3 is 12.2 Å². The number of likely N-dealkylation sites (tertiary alicyclic amines) is 2. The van der Waals surface area contributed by atoms with Crippen LogP contribution in [0.15, 0.2) is 114 Å². The molecule has 0 bridgehead atoms. The number of nitrogens with one attached hydrogen (secondary N) is 4. The fourth-order valence-corrected chi connectivity index (χ4v) is 8.30. The average molecular weight is 810 g/mol. The predicted molar refractivity (Wildman–Crippen MR) is 223 cm³/mol. The minimum Gasteiger partial charge on any atom is -0.453 e. The second-order valence-electron chi connectivity index (χ2n) is 15.0. The van der Waals surface area contributed by atoms with Crippen LogP contribution in [-0.2, 0) is 19.1 Å². The van der Waals surface area contributed by atoms with Crippen molar-refractivity contribution in [1.29, 1.82) is 0 Å². The largest absolute Gasteiger partial charge is 0.453 e. The number of methoxy groups -OCH3 is 2. The number of alkyl carbamates (subject to hydrolysis) is 2. The summed E-state index contributed by atoms with van der Waals surface area (Å²) in [4.78, 5) is 73.5. The second kappa shape index (κ2) is 17.9. The first kappa shape index (κ1) is 39.8. The van der Waals surface area contributed by atoms with E-state index in [4.69, 9.17) is 19.5 Å². The van der Waals surface area contributed by atoms with Gasteiger partial charge in [0.1, 0.15) is 23.7 Å². The third-order valence-corrected chi connectivity index (χ3v) is 11.4. The molecule has 4 amide bonds. The van der Waals surface area contributed by atoms with Crippen LogP contribution < -0.4 is 16.0 Å². The lowest BCUT2D eigenvalue weighted by Gasteiger charge is -2.30. The molecule has 2 fully saturated rings. The van der Waals surface area contributed by atoms with E-state index < -0.39 is 24.3 Å². The maximum atomic E-state index is 13.9. The van der Waals surface area contributed by atoms with Gasteiger partial charge in [0.15, 0.2) is 0 Å². The Balaban J connectivity index is 0.898. The molecule has 0 saturated carbocycles. The van der Waals surface area contributed by atoms with Gasteiger partial charge < -0.3 is 40.2 Å². The summed E-state index contributed by atoms with van der Waals surface area (Å²) < 4.78 is 9.65. The second-order valence-corrected chi connectivity index (χ2v) is 15.0. The van der Waals surface area contributed by atoms with E-state index in [9.17, 15) is 19.2 Å². The van der Waals surface area contributed by atoms with Crippen LogP contribution in [0.2, 0.25) is 0 Å². The van der Waals surface area contributed by atoms with Crippen molar-refractivity contribution in [3.05, 3.63) is 132 Å². The maximum absolute atomic E-state index is 13.9. The summed E-state index contributed by atoms with van der Waals surface area (Å²) in [7, 11) is 2.56. The van der Waals surface area contributed by atoms with Crippen molar-refractivity contribution in [2.75, 3.05) is 33.9 Å². The van der Waals surface area contributed by atoms with Crippen LogP contribution >= 0.6 is 0 Å². The number of imidazole rings is 1. The van der Waals surface area contributed by atoms with E-state index in [-0.39, 0.29) is 29.9 Å². The Morgan fingerprint density at radius 2 is 1.25 bits per heavy atom. The number of nitrogens with zero attached hydrogens (tertiary/aromatic N) is 5. The first-order valence-corrected chi connectivity index (χ1v) is 20.1. The Labute approximate surface area is 347 Å². The Kier molecular flexibility index (Phi) is 11.8. The summed E-state index contributed by atoms with van der Waals surface area (Å²) in [5, 5.41) is 9.00. The van der Waals surface area contributed by atoms with E-state index in [1.807, 2.05) is 83.9 Å². The summed E-state index contributed by atoms with van der Waals surface area (Å²) in [6, 6.07) is 28.3. The summed E-state index contributed by atoms with van der Waals surface area (Å²) in [5.74, 6) is 1.01. The molecular weight excluding hydrogens is 763 g/mol. The standard InChI is InChI=1S/C45H47N9O6/c1-59-44(57)51-38(30-11-5-3-6-12-30)42(55)53-23-9-15-36(53)40-47-26-34(49-40)29-19-17-28(18-20-29)32-21-22-33(46-25-32)35-27-48-41(50-35)37-16-10-24-54(37)43(56)39(52-45(58)60-2)31-13-7-4-8-14-31/h3-8,11-14,17-22,25,27,34,36-39H,9-10,15-16,23-24,26H2,1-2H3,(H,47,49)(H,48,50)(H,51,57)(H,52,58)/t34?,36-,37-,38+,39+/m0/s1. The third-order valence-electron chi connectivity index (χ3n) is 11.4. The Morgan fingerprint density at radius 1 is 0.683 bits per heavy atom. The van der Waals surface area contributed by atoms with Gasteiger partial charge in [0.2, 0.25) is 0 Å². The van der Waals surface area contributed by atoms with Gasteiger partial charge in [-0.2, -0.15) is 0 Å². The number of amidine groups is 1. The van der Waals surface area contributed by atoms with E-state index in [0.717, 1.165) is 59.6 Å². The normalized spacial score (nSPS) is 19.5. The third kappa shape index (κ3) is 8.42. The number of rotatable bonds is 11. The Hall–Kier alpha value is -7.03. The lowest BCUT2D eigenvalue weighted by Crippen LogP contribution is -2.49. The molecule has 4 N–H and O–H groups in total. The first-order valence-electron chi connectivity index (χ1n) is 20.1. The summed E-state index contributed by atoms with van der Waals surface area (Å²) in [6.45, 7) is 1.65. The molecule has 3 aromatic carbocycles. The molecule has 60 heavy (non-hydrogen) atoms. The van der Waals surface area contributed by atoms with Crippen LogP contribution in [-0.4, -0.2) is 94.5 Å². The SMILES string of the molecule is COC(=O)N[C@@H](C(=O)N1CCC[C@H]1C1=NCC(c2ccc(-c3ccc(-c4cnc([C@@H]5CCCN5C(=O)[C@H](NC(=O)OC)c5ccccc5)[nH]4)nc3)cc2)N1)c1ccccc1. The molecular formula is C45H47N9O6. The van der Waals surface area contributed by atoms with Crippen molar-refractivity contribution in [3.63, 3.8) is 0 Å². The molecule has 8 rings (SSSR count). The zero-order valence-electron chi connectivity index (χ0n) is 33.4. The van der Waals surface area contributed by atoms with Crippen molar-refractivity contribution in [1.82, 2.24) is 40.7 Å². The van der Waals surface area contributed by atoms with Gasteiger partial charge in [-0.3, -0.25) is 19.6 Å². The quantitative estimate of drug-likeness (QED) is 0.124. The summed E-state index contributed by atoms with van der Waals surface area (Å²) in [5.41, 5.74) is 5.84. The molecule has 0 radical (unpaired) electrons.